The van der Waals surface area contributed by atoms with E-state index in [0.717, 1.165) is 11.1 Å². The van der Waals surface area contributed by atoms with Gasteiger partial charge in [-0.25, -0.2) is 0 Å². The number of allylic oxidation sites excluding steroid dienone is 1. The van der Waals surface area contributed by atoms with Gasteiger partial charge in [-0.05, 0) is 19.4 Å². The van der Waals surface area contributed by atoms with Crippen molar-refractivity contribution in [2.75, 3.05) is 0 Å². The van der Waals surface area contributed by atoms with Crippen molar-refractivity contribution >= 4 is 17.8 Å². The zero-order valence-electron chi connectivity index (χ0n) is 13.4. The number of β-lactam (4-membered cyclic amide) rings is 1. The zero-order valence-corrected chi connectivity index (χ0v) is 13.4. The number of amides is 2. The highest BCUT2D eigenvalue weighted by atomic mass is 16.6. The number of nitrogens with one attached hydrogen (secondary N) is 1. The van der Waals surface area contributed by atoms with Gasteiger partial charge in [0, 0.05) is 13.1 Å². The van der Waals surface area contributed by atoms with Crippen LogP contribution < -0.4 is 5.32 Å². The number of likely N-dealkylation sites (tertiary alicyclic amines) is 1. The minimum Gasteiger partial charge on any atom is -0.438 e. The summed E-state index contributed by atoms with van der Waals surface area (Å²) in [5, 5.41) is 2.64. The molecule has 1 aliphatic rings. The normalized spacial score (nSPS) is 19.6. The van der Waals surface area contributed by atoms with Crippen molar-refractivity contribution in [3.63, 3.8) is 0 Å². The molecule has 6 nitrogen and oxygen atoms in total. The fraction of sp³-hybridized carbons (Fsp3) is 0.353. The molecule has 1 heterocycles. The SMILES string of the molecule is CC(=O)O[C@H]1[C@H](NC(=O)Cc2ccccc2)C(=O)N1C=C(C)C. The first kappa shape index (κ1) is 16.7. The minimum atomic E-state index is -0.842. The maximum Gasteiger partial charge on any atom is 0.304 e. The summed E-state index contributed by atoms with van der Waals surface area (Å²) < 4.78 is 5.14. The Morgan fingerprint density at radius 2 is 1.87 bits per heavy atom. The van der Waals surface area contributed by atoms with Gasteiger partial charge in [0.15, 0.2) is 6.04 Å². The van der Waals surface area contributed by atoms with Crippen molar-refractivity contribution in [3.8, 4) is 0 Å². The van der Waals surface area contributed by atoms with Crippen LogP contribution in [0.4, 0.5) is 0 Å². The van der Waals surface area contributed by atoms with Gasteiger partial charge in [0.1, 0.15) is 0 Å². The minimum absolute atomic E-state index is 0.167. The number of nitrogens with zero attached hydrogens (tertiary/aromatic N) is 1. The summed E-state index contributed by atoms with van der Waals surface area (Å²) in [5.74, 6) is -1.08. The van der Waals surface area contributed by atoms with E-state index in [1.54, 1.807) is 6.20 Å². The van der Waals surface area contributed by atoms with Crippen molar-refractivity contribution in [3.05, 3.63) is 47.7 Å². The van der Waals surface area contributed by atoms with Crippen LogP contribution in [-0.4, -0.2) is 35.0 Å². The summed E-state index contributed by atoms with van der Waals surface area (Å²) in [4.78, 5) is 36.8. The number of ether oxygens (including phenoxy) is 1. The van der Waals surface area contributed by atoms with Crippen molar-refractivity contribution < 1.29 is 19.1 Å². The van der Waals surface area contributed by atoms with E-state index < -0.39 is 18.2 Å². The Kier molecular flexibility index (Phi) is 5.16. The number of esters is 1. The topological polar surface area (TPSA) is 75.7 Å². The second kappa shape index (κ2) is 7.09. The molecule has 1 aromatic carbocycles. The molecule has 1 aromatic rings. The highest BCUT2D eigenvalue weighted by Gasteiger charge is 2.49. The summed E-state index contributed by atoms with van der Waals surface area (Å²) in [6.07, 6.45) is 0.977. The molecule has 0 radical (unpaired) electrons. The number of hydrogen-bond acceptors (Lipinski definition) is 4. The van der Waals surface area contributed by atoms with Crippen molar-refractivity contribution in [1.82, 2.24) is 10.2 Å². The number of benzene rings is 1. The van der Waals surface area contributed by atoms with Gasteiger partial charge in [-0.2, -0.15) is 0 Å². The Morgan fingerprint density at radius 3 is 2.43 bits per heavy atom. The number of carbonyl (C=O) groups is 3. The third-order valence-electron chi connectivity index (χ3n) is 3.29. The average molecular weight is 316 g/mol. The molecule has 2 rings (SSSR count). The summed E-state index contributed by atoms with van der Waals surface area (Å²) in [7, 11) is 0. The van der Waals surface area contributed by atoms with Crippen LogP contribution in [0.5, 0.6) is 0 Å². The maximum atomic E-state index is 12.2. The van der Waals surface area contributed by atoms with Gasteiger partial charge in [-0.3, -0.25) is 19.3 Å². The third-order valence-corrected chi connectivity index (χ3v) is 3.29. The van der Waals surface area contributed by atoms with E-state index in [-0.39, 0.29) is 18.2 Å². The van der Waals surface area contributed by atoms with Gasteiger partial charge < -0.3 is 10.1 Å². The summed E-state index contributed by atoms with van der Waals surface area (Å²) in [6.45, 7) is 4.94. The van der Waals surface area contributed by atoms with Crippen LogP contribution in [0.3, 0.4) is 0 Å². The predicted octanol–water partition coefficient (Wildman–Crippen LogP) is 1.37. The number of rotatable bonds is 5. The molecular weight excluding hydrogens is 296 g/mol. The molecule has 1 aliphatic heterocycles. The van der Waals surface area contributed by atoms with E-state index in [9.17, 15) is 14.4 Å². The zero-order chi connectivity index (χ0) is 17.0. The lowest BCUT2D eigenvalue weighted by molar-refractivity contribution is -0.183. The van der Waals surface area contributed by atoms with Gasteiger partial charge in [0.2, 0.25) is 12.1 Å². The molecule has 0 unspecified atom stereocenters. The van der Waals surface area contributed by atoms with Gasteiger partial charge in [-0.15, -0.1) is 0 Å². The predicted molar refractivity (Wildman–Crippen MR) is 83.9 cm³/mol. The van der Waals surface area contributed by atoms with Gasteiger partial charge >= 0.3 is 5.97 Å². The average Bonchev–Trinajstić information content (AvgIpc) is 2.49. The molecule has 122 valence electrons. The summed E-state index contributed by atoms with van der Waals surface area (Å²) in [5.41, 5.74) is 1.74. The summed E-state index contributed by atoms with van der Waals surface area (Å²) >= 11 is 0. The molecule has 2 amide bonds. The molecule has 0 aromatic heterocycles. The lowest BCUT2D eigenvalue weighted by Crippen LogP contribution is -2.70. The lowest BCUT2D eigenvalue weighted by atomic mass is 10.0. The van der Waals surface area contributed by atoms with Crippen LogP contribution in [0.15, 0.2) is 42.1 Å². The van der Waals surface area contributed by atoms with Crippen molar-refractivity contribution in [2.45, 2.75) is 39.5 Å². The van der Waals surface area contributed by atoms with Crippen LogP contribution in [0, 0.1) is 0 Å². The third kappa shape index (κ3) is 4.18. The quantitative estimate of drug-likeness (QED) is 0.657. The molecule has 23 heavy (non-hydrogen) atoms. The Bertz CT molecular complexity index is 635. The molecule has 1 saturated heterocycles. The second-order valence-electron chi connectivity index (χ2n) is 5.66. The molecule has 6 heteroatoms. The van der Waals surface area contributed by atoms with Crippen LogP contribution in [0.2, 0.25) is 0 Å². The van der Waals surface area contributed by atoms with Gasteiger partial charge in [0.25, 0.3) is 5.91 Å². The lowest BCUT2D eigenvalue weighted by Gasteiger charge is -2.44. The fourth-order valence-electron chi connectivity index (χ4n) is 2.34. The smallest absolute Gasteiger partial charge is 0.304 e. The molecule has 0 aliphatic carbocycles. The molecule has 1 fully saturated rings. The van der Waals surface area contributed by atoms with Crippen LogP contribution in [0.1, 0.15) is 26.3 Å². The van der Waals surface area contributed by atoms with E-state index in [0.29, 0.717) is 0 Å². The van der Waals surface area contributed by atoms with Crippen molar-refractivity contribution in [2.24, 2.45) is 0 Å². The van der Waals surface area contributed by atoms with E-state index in [4.69, 9.17) is 4.74 Å². The first-order chi connectivity index (χ1) is 10.9. The van der Waals surface area contributed by atoms with Crippen LogP contribution in [0.25, 0.3) is 0 Å². The molecular formula is C17H20N2O4. The Labute approximate surface area is 135 Å². The Balaban J connectivity index is 2.02. The fourth-order valence-corrected chi connectivity index (χ4v) is 2.34. The first-order valence-electron chi connectivity index (χ1n) is 7.36. The standard InChI is InChI=1S/C17H20N2O4/c1-11(2)10-19-16(22)15(17(19)23-12(3)20)18-14(21)9-13-7-5-4-6-8-13/h4-8,10,15,17H,9H2,1-3H3,(H,18,21)/t15-,17+/m1/s1. The molecule has 0 bridgehead atoms. The Hall–Kier alpha value is -2.63. The van der Waals surface area contributed by atoms with Crippen LogP contribution in [-0.2, 0) is 25.5 Å². The van der Waals surface area contributed by atoms with Crippen LogP contribution >= 0.6 is 0 Å². The second-order valence-corrected chi connectivity index (χ2v) is 5.66. The van der Waals surface area contributed by atoms with E-state index in [2.05, 4.69) is 5.32 Å². The van der Waals surface area contributed by atoms with Gasteiger partial charge in [0.05, 0.1) is 6.42 Å². The van der Waals surface area contributed by atoms with Crippen molar-refractivity contribution in [1.29, 1.82) is 0 Å². The van der Waals surface area contributed by atoms with E-state index in [1.807, 2.05) is 44.2 Å². The first-order valence-corrected chi connectivity index (χ1v) is 7.36. The largest absolute Gasteiger partial charge is 0.438 e. The molecule has 1 N–H and O–H groups in total. The highest BCUT2D eigenvalue weighted by molar-refractivity contribution is 5.94. The number of hydrogen-bond donors (Lipinski definition) is 1. The van der Waals surface area contributed by atoms with Gasteiger partial charge in [-0.1, -0.05) is 35.9 Å². The number of carbonyl (C=O) groups excluding carboxylic acids is 3. The molecule has 0 saturated carbocycles. The summed E-state index contributed by atoms with van der Waals surface area (Å²) in [6, 6.07) is 8.38. The Morgan fingerprint density at radius 1 is 1.22 bits per heavy atom. The highest BCUT2D eigenvalue weighted by Crippen LogP contribution is 2.23. The monoisotopic (exact) mass is 316 g/mol. The van der Waals surface area contributed by atoms with E-state index >= 15 is 0 Å². The van der Waals surface area contributed by atoms with E-state index in [1.165, 1.54) is 11.8 Å². The maximum absolute atomic E-state index is 12.2. The molecule has 0 spiro atoms. The molecule has 2 atom stereocenters.